The van der Waals surface area contributed by atoms with E-state index in [0.717, 1.165) is 15.4 Å². The fourth-order valence-electron chi connectivity index (χ4n) is 2.27. The van der Waals surface area contributed by atoms with Crippen LogP contribution in [0.15, 0.2) is 48.5 Å². The molecule has 0 fully saturated rings. The molecule has 0 N–H and O–H groups in total. The van der Waals surface area contributed by atoms with Gasteiger partial charge in [-0.3, -0.25) is 0 Å². The molecular weight excluding hydrogens is 411 g/mol. The minimum atomic E-state index is -0.539. The molecule has 2 aromatic carbocycles. The van der Waals surface area contributed by atoms with Gasteiger partial charge in [-0.1, -0.05) is 0 Å². The van der Waals surface area contributed by atoms with Gasteiger partial charge in [0.25, 0.3) is 0 Å². The van der Waals surface area contributed by atoms with Gasteiger partial charge in [-0.05, 0) is 0 Å². The Morgan fingerprint density at radius 1 is 1.00 bits per heavy atom. The van der Waals surface area contributed by atoms with E-state index in [9.17, 15) is 0 Å². The van der Waals surface area contributed by atoms with Crippen LogP contribution in [0, 0.1) is 6.92 Å². The number of hydrogen-bond acceptors (Lipinski definition) is 2. The number of rotatable bonds is 6. The summed E-state index contributed by atoms with van der Waals surface area (Å²) in [5, 5.41) is 0. The Morgan fingerprint density at radius 2 is 1.73 bits per heavy atom. The first-order valence-corrected chi connectivity index (χ1v) is 12.0. The van der Waals surface area contributed by atoms with E-state index in [1.165, 1.54) is 32.0 Å². The van der Waals surface area contributed by atoms with Crippen molar-refractivity contribution in [3.63, 3.8) is 0 Å². The molecule has 0 saturated carbocycles. The monoisotopic (exact) mass is 434 g/mol. The molecule has 2 rings (SSSR count). The quantitative estimate of drug-likeness (QED) is 0.265. The van der Waals surface area contributed by atoms with Crippen LogP contribution >= 0.6 is 25.3 Å². The average Bonchev–Trinajstić information content (AvgIpc) is 2.56. The van der Waals surface area contributed by atoms with Crippen LogP contribution in [0.3, 0.4) is 0 Å². The van der Waals surface area contributed by atoms with E-state index in [0.29, 0.717) is 0 Å². The molecule has 0 aliphatic carbocycles. The number of hydrogen-bond donors (Lipinski definition) is 2. The van der Waals surface area contributed by atoms with Crippen molar-refractivity contribution in [3.8, 4) is 0 Å². The number of aryl methyl sites for hydroxylation is 1. The molecule has 0 spiro atoms. The van der Waals surface area contributed by atoms with Crippen LogP contribution in [-0.4, -0.2) is 21.1 Å². The summed E-state index contributed by atoms with van der Waals surface area (Å²) >= 11 is 9.02. The molecule has 2 radical (unpaired) electrons. The first-order valence-electron chi connectivity index (χ1n) is 7.66. The van der Waals surface area contributed by atoms with E-state index < -0.39 is 21.1 Å². The van der Waals surface area contributed by atoms with Gasteiger partial charge >= 0.3 is 156 Å². The fourth-order valence-corrected chi connectivity index (χ4v) is 7.12. The predicted molar refractivity (Wildman–Crippen MR) is 108 cm³/mol. The molecule has 22 heavy (non-hydrogen) atoms. The van der Waals surface area contributed by atoms with Gasteiger partial charge in [-0.15, -0.1) is 0 Å². The van der Waals surface area contributed by atoms with Gasteiger partial charge in [0.1, 0.15) is 0 Å². The Balaban J connectivity index is 2.39. The second-order valence-electron chi connectivity index (χ2n) is 5.39. The van der Waals surface area contributed by atoms with Gasteiger partial charge in [0.2, 0.25) is 0 Å². The van der Waals surface area contributed by atoms with Gasteiger partial charge in [0.15, 0.2) is 0 Å². The summed E-state index contributed by atoms with van der Waals surface area (Å²) in [7, 11) is 0. The summed E-state index contributed by atoms with van der Waals surface area (Å²) in [6, 6.07) is 17.1. The molecule has 114 valence electrons. The number of thiol groups is 2. The van der Waals surface area contributed by atoms with Crippen molar-refractivity contribution in [1.82, 2.24) is 0 Å². The zero-order chi connectivity index (χ0) is 15.9. The summed E-state index contributed by atoms with van der Waals surface area (Å²) < 4.78 is 2.93. The number of benzene rings is 2. The van der Waals surface area contributed by atoms with Crippen molar-refractivity contribution >= 4 is 59.8 Å². The van der Waals surface area contributed by atoms with Crippen LogP contribution in [0.5, 0.6) is 0 Å². The Kier molecular flexibility index (Phi) is 7.45. The topological polar surface area (TPSA) is 0 Å². The van der Waals surface area contributed by atoms with E-state index in [-0.39, 0.29) is 0 Å². The van der Waals surface area contributed by atoms with E-state index in [1.54, 1.807) is 0 Å². The molecule has 0 nitrogen and oxygen atoms in total. The maximum atomic E-state index is 4.82. The molecule has 0 aliphatic rings. The summed E-state index contributed by atoms with van der Waals surface area (Å²) in [5.41, 5.74) is 3.71. The minimum absolute atomic E-state index is 0.539. The van der Waals surface area contributed by atoms with Crippen LogP contribution in [0.4, 0.5) is 0 Å². The molecule has 0 bridgehead atoms. The summed E-state index contributed by atoms with van der Waals surface area (Å²) in [4.78, 5) is 1.97. The van der Waals surface area contributed by atoms with Crippen LogP contribution in [0.1, 0.15) is 36.5 Å². The van der Waals surface area contributed by atoms with Gasteiger partial charge < -0.3 is 0 Å². The first kappa shape index (κ1) is 18.0. The van der Waals surface area contributed by atoms with Crippen molar-refractivity contribution in [1.29, 1.82) is 0 Å². The Bertz CT molecular complexity index is 648. The molecule has 0 aromatic heterocycles. The summed E-state index contributed by atoms with van der Waals surface area (Å²) in [5.74, 6) is 0. The zero-order valence-corrected chi connectivity index (χ0v) is 17.8. The van der Waals surface area contributed by atoms with Crippen LogP contribution < -0.4 is 3.58 Å². The van der Waals surface area contributed by atoms with E-state index in [2.05, 4.69) is 44.2 Å². The Hall–Kier alpha value is -0.321. The maximum absolute atomic E-state index is 4.82. The average molecular weight is 433 g/mol. The van der Waals surface area contributed by atoms with Gasteiger partial charge in [0.05, 0.1) is 0 Å². The van der Waals surface area contributed by atoms with Crippen LogP contribution in [0.25, 0.3) is 9.81 Å². The first-order chi connectivity index (χ1) is 10.6. The van der Waals surface area contributed by atoms with Crippen LogP contribution in [-0.2, 0) is 0 Å². The third-order valence-corrected chi connectivity index (χ3v) is 8.72. The second-order valence-corrected chi connectivity index (χ2v) is 10.3. The van der Waals surface area contributed by atoms with Crippen molar-refractivity contribution in [2.45, 2.75) is 31.1 Å². The molecule has 3 heteroatoms. The van der Waals surface area contributed by atoms with Crippen molar-refractivity contribution in [3.05, 3.63) is 65.2 Å². The zero-order valence-electron chi connectivity index (χ0n) is 13.1. The van der Waals surface area contributed by atoms with Crippen LogP contribution in [0.2, 0.25) is 4.44 Å². The van der Waals surface area contributed by atoms with E-state index in [1.807, 2.05) is 18.2 Å². The normalized spacial score (nSPS) is 12.2. The standard InChI is InChI=1S/C15H13S2.C4H9.Sn/c1-11-6-5-9-13(10-11)15(17)14(16)12-7-3-2-4-8-12;1-3-4-2;/h2-8,10,16-17H,1H3;1,3-4H2,2H3;. The van der Waals surface area contributed by atoms with Gasteiger partial charge in [-0.2, -0.15) is 0 Å². The molecule has 0 unspecified atom stereocenters. The molecule has 0 heterocycles. The molecular formula is C19H22S2Sn. The van der Waals surface area contributed by atoms with Crippen molar-refractivity contribution in [2.24, 2.45) is 0 Å². The SMILES string of the molecule is CCC[CH2][Sn][c]1ccc(C)cc1C(S)=C(S)c1ccccc1. The third kappa shape index (κ3) is 4.84. The van der Waals surface area contributed by atoms with Gasteiger partial charge in [0, 0.05) is 0 Å². The Labute approximate surface area is 155 Å². The molecule has 2 aromatic rings. The summed E-state index contributed by atoms with van der Waals surface area (Å²) in [6.45, 7) is 4.41. The molecule has 0 saturated heterocycles. The third-order valence-electron chi connectivity index (χ3n) is 3.55. The summed E-state index contributed by atoms with van der Waals surface area (Å²) in [6.07, 6.45) is 2.63. The van der Waals surface area contributed by atoms with E-state index >= 15 is 0 Å². The molecule has 0 atom stereocenters. The van der Waals surface area contributed by atoms with E-state index in [4.69, 9.17) is 25.3 Å². The second kappa shape index (κ2) is 9.09. The fraction of sp³-hybridized carbons (Fsp3) is 0.263. The Morgan fingerprint density at radius 3 is 2.41 bits per heavy atom. The molecule has 0 amide bonds. The van der Waals surface area contributed by atoms with Crippen molar-refractivity contribution in [2.75, 3.05) is 0 Å². The number of unbranched alkanes of at least 4 members (excludes halogenated alkanes) is 1. The van der Waals surface area contributed by atoms with Gasteiger partial charge in [-0.25, -0.2) is 0 Å². The molecule has 0 aliphatic heterocycles. The predicted octanol–water partition coefficient (Wildman–Crippen LogP) is 5.23. The van der Waals surface area contributed by atoms with Crippen molar-refractivity contribution < 1.29 is 0 Å².